The van der Waals surface area contributed by atoms with Gasteiger partial charge >= 0.3 is 29.6 Å². The molecule has 0 fully saturated rings. The van der Waals surface area contributed by atoms with Crippen LogP contribution in [0.15, 0.2) is 75.8 Å². The predicted molar refractivity (Wildman–Crippen MR) is 144 cm³/mol. The van der Waals surface area contributed by atoms with E-state index in [2.05, 4.69) is 15.5 Å². The van der Waals surface area contributed by atoms with E-state index in [-0.39, 0.29) is 68.5 Å². The summed E-state index contributed by atoms with van der Waals surface area (Å²) in [7, 11) is -4.55. The van der Waals surface area contributed by atoms with Crippen molar-refractivity contribution in [3.05, 3.63) is 81.8 Å². The number of carbonyl (C=O) groups is 1. The Morgan fingerprint density at radius 1 is 1.03 bits per heavy atom. The van der Waals surface area contributed by atoms with Gasteiger partial charge in [-0.1, -0.05) is 59.3 Å². The number of amides is 1. The molecular weight excluding hydrogens is 576 g/mol. The van der Waals surface area contributed by atoms with Crippen molar-refractivity contribution in [2.75, 3.05) is 11.9 Å². The standard InChI is InChI=1S/C26H21Cl2N3O6S.Na/c1-3-37-25-19(28)9-6-10-20(25)29-26(33)17-13-15-7-4-5-8-16(15)23(24(17)32)31-30-22-14(2)21(38(34,35)36)12-11-18(22)27;/h4-13,32H,3H2,1-2H3,(H,29,33)(H,34,35,36);/q;+1/p-1. The molecule has 0 atom stereocenters. The zero-order chi connectivity index (χ0) is 27.6. The Balaban J connectivity index is 0.00000420. The number of anilines is 1. The average molecular weight is 596 g/mol. The van der Waals surface area contributed by atoms with E-state index in [1.54, 1.807) is 49.4 Å². The molecule has 196 valence electrons. The monoisotopic (exact) mass is 595 g/mol. The molecule has 0 saturated heterocycles. The van der Waals surface area contributed by atoms with Gasteiger partial charge < -0.3 is 15.2 Å². The summed E-state index contributed by atoms with van der Waals surface area (Å²) in [5, 5.41) is 25.6. The molecule has 0 aliphatic rings. The maximum atomic E-state index is 13.5. The van der Waals surface area contributed by atoms with Crippen LogP contribution in [-0.2, 0) is 10.1 Å². The third-order valence-electron chi connectivity index (χ3n) is 5.58. The first-order chi connectivity index (χ1) is 18.0. The Kier molecular flexibility index (Phi) is 10.0. The Morgan fingerprint density at radius 3 is 2.41 bits per heavy atom. The van der Waals surface area contributed by atoms with Gasteiger partial charge in [0.1, 0.15) is 5.69 Å². The molecule has 0 aromatic heterocycles. The maximum absolute atomic E-state index is 13.5. The van der Waals surface area contributed by atoms with Crippen LogP contribution < -0.4 is 44.7 Å². The first kappa shape index (κ1) is 30.8. The quantitative estimate of drug-likeness (QED) is 0.189. The average Bonchev–Trinajstić information content (AvgIpc) is 2.86. The van der Waals surface area contributed by atoms with Gasteiger partial charge in [0.15, 0.2) is 5.75 Å². The minimum Gasteiger partial charge on any atom is -0.870 e. The van der Waals surface area contributed by atoms with Gasteiger partial charge in [0.25, 0.3) is 16.0 Å². The molecule has 0 bridgehead atoms. The van der Waals surface area contributed by atoms with Crippen LogP contribution in [0, 0.1) is 6.92 Å². The number of benzene rings is 4. The van der Waals surface area contributed by atoms with Gasteiger partial charge in [0, 0.05) is 10.9 Å². The summed E-state index contributed by atoms with van der Waals surface area (Å²) in [5.74, 6) is -1.17. The number of para-hydroxylation sites is 1. The summed E-state index contributed by atoms with van der Waals surface area (Å²) in [4.78, 5) is 12.8. The van der Waals surface area contributed by atoms with E-state index in [0.29, 0.717) is 22.4 Å². The molecule has 4 aromatic carbocycles. The minimum absolute atomic E-state index is 0. The molecule has 0 heterocycles. The van der Waals surface area contributed by atoms with Gasteiger partial charge in [-0.3, -0.25) is 9.35 Å². The second-order valence-electron chi connectivity index (χ2n) is 8.02. The van der Waals surface area contributed by atoms with Crippen LogP contribution in [0.25, 0.3) is 10.8 Å². The van der Waals surface area contributed by atoms with Crippen LogP contribution in [0.3, 0.4) is 0 Å². The predicted octanol–water partition coefficient (Wildman–Crippen LogP) is 3.85. The van der Waals surface area contributed by atoms with Gasteiger partial charge in [0.05, 0.1) is 32.9 Å². The number of fused-ring (bicyclic) bond motifs is 1. The van der Waals surface area contributed by atoms with E-state index in [4.69, 9.17) is 27.9 Å². The van der Waals surface area contributed by atoms with E-state index in [1.807, 2.05) is 0 Å². The molecule has 39 heavy (non-hydrogen) atoms. The first-order valence-electron chi connectivity index (χ1n) is 11.2. The van der Waals surface area contributed by atoms with E-state index >= 15 is 0 Å². The third kappa shape index (κ3) is 6.55. The summed E-state index contributed by atoms with van der Waals surface area (Å²) >= 11 is 12.4. The summed E-state index contributed by atoms with van der Waals surface area (Å²) in [6.07, 6.45) is 0. The van der Waals surface area contributed by atoms with Gasteiger partial charge in [-0.15, -0.1) is 5.11 Å². The largest absolute Gasteiger partial charge is 1.00 e. The number of ether oxygens (including phenoxy) is 1. The minimum atomic E-state index is -4.55. The van der Waals surface area contributed by atoms with Crippen molar-refractivity contribution < 1.29 is 57.2 Å². The van der Waals surface area contributed by atoms with Crippen molar-refractivity contribution in [3.63, 3.8) is 0 Å². The van der Waals surface area contributed by atoms with Gasteiger partial charge in [-0.25, -0.2) is 0 Å². The number of rotatable bonds is 7. The molecule has 0 unspecified atom stereocenters. The first-order valence-corrected chi connectivity index (χ1v) is 13.4. The molecule has 0 spiro atoms. The molecule has 4 aromatic rings. The number of hydrogen-bond acceptors (Lipinski definition) is 7. The normalized spacial score (nSPS) is 11.4. The molecular formula is C26H20Cl2N3NaO6S. The number of carbonyl (C=O) groups excluding carboxylic acids is 1. The van der Waals surface area contributed by atoms with Crippen molar-refractivity contribution in [1.29, 1.82) is 0 Å². The van der Waals surface area contributed by atoms with Crippen LogP contribution in [0.1, 0.15) is 22.8 Å². The van der Waals surface area contributed by atoms with E-state index in [9.17, 15) is 22.9 Å². The van der Waals surface area contributed by atoms with Crippen molar-refractivity contribution in [1.82, 2.24) is 0 Å². The fourth-order valence-corrected chi connectivity index (χ4v) is 5.01. The molecule has 4 rings (SSSR count). The third-order valence-corrected chi connectivity index (χ3v) is 7.18. The second-order valence-corrected chi connectivity index (χ2v) is 10.2. The van der Waals surface area contributed by atoms with Gasteiger partial charge in [0.2, 0.25) is 0 Å². The summed E-state index contributed by atoms with van der Waals surface area (Å²) in [6, 6.07) is 15.4. The summed E-state index contributed by atoms with van der Waals surface area (Å²) < 4.78 is 38.4. The smallest absolute Gasteiger partial charge is 0.870 e. The van der Waals surface area contributed by atoms with Crippen LogP contribution in [0.5, 0.6) is 11.5 Å². The molecule has 1 amide bonds. The van der Waals surface area contributed by atoms with E-state index in [1.165, 1.54) is 19.1 Å². The summed E-state index contributed by atoms with van der Waals surface area (Å²) in [6.45, 7) is 3.47. The second kappa shape index (κ2) is 12.6. The number of nitrogens with zero attached hydrogens (tertiary/aromatic N) is 2. The number of hydrogen-bond donors (Lipinski definition) is 2. The number of nitrogens with one attached hydrogen (secondary N) is 1. The fraction of sp³-hybridized carbons (Fsp3) is 0.115. The molecule has 2 N–H and O–H groups in total. The SMILES string of the molecule is CCOc1c(Cl)cccc1NC(=O)c1cc2ccccc2c(N=Nc2c(Cl)ccc(S(=O)(=O)O)c2C)c1[O-].[Na+]. The van der Waals surface area contributed by atoms with Gasteiger partial charge in [-0.05, 0) is 55.1 Å². The molecule has 0 aliphatic carbocycles. The van der Waals surface area contributed by atoms with E-state index in [0.717, 1.165) is 6.07 Å². The fourth-order valence-electron chi connectivity index (χ4n) is 3.82. The van der Waals surface area contributed by atoms with Crippen LogP contribution >= 0.6 is 23.2 Å². The topological polar surface area (TPSA) is 140 Å². The number of azo groups is 1. The van der Waals surface area contributed by atoms with Gasteiger partial charge in [-0.2, -0.15) is 13.5 Å². The maximum Gasteiger partial charge on any atom is 1.00 e. The van der Waals surface area contributed by atoms with Crippen molar-refractivity contribution in [2.45, 2.75) is 18.7 Å². The molecule has 9 nitrogen and oxygen atoms in total. The van der Waals surface area contributed by atoms with Crippen molar-refractivity contribution >= 4 is 67.1 Å². The van der Waals surface area contributed by atoms with Crippen LogP contribution in [-0.4, -0.2) is 25.5 Å². The summed E-state index contributed by atoms with van der Waals surface area (Å²) in [5.41, 5.74) is -0.101. The molecule has 0 aliphatic heterocycles. The van der Waals surface area contributed by atoms with Crippen molar-refractivity contribution in [3.8, 4) is 11.5 Å². The molecule has 0 saturated carbocycles. The zero-order valence-corrected chi connectivity index (χ0v) is 25.4. The Hall–Kier alpha value is -2.70. The zero-order valence-electron chi connectivity index (χ0n) is 21.0. The van der Waals surface area contributed by atoms with E-state index < -0.39 is 26.7 Å². The van der Waals surface area contributed by atoms with Crippen molar-refractivity contribution in [2.24, 2.45) is 10.2 Å². The number of halogens is 2. The Labute approximate surface area is 256 Å². The van der Waals surface area contributed by atoms with Crippen LogP contribution in [0.4, 0.5) is 17.1 Å². The Morgan fingerprint density at radius 2 is 1.72 bits per heavy atom. The molecule has 13 heteroatoms. The Bertz CT molecular complexity index is 1710. The molecule has 0 radical (unpaired) electrons. The van der Waals surface area contributed by atoms with Crippen LogP contribution in [0.2, 0.25) is 10.0 Å².